The Hall–Kier alpha value is -3.72. The molecule has 10 nitrogen and oxygen atoms in total. The molecule has 1 aromatic carbocycles. The van der Waals surface area contributed by atoms with Crippen LogP contribution in [0, 0.1) is 12.1 Å². The van der Waals surface area contributed by atoms with Crippen molar-refractivity contribution < 1.29 is 19.7 Å². The van der Waals surface area contributed by atoms with Crippen LogP contribution in [0.15, 0.2) is 48.7 Å². The van der Waals surface area contributed by atoms with Crippen molar-refractivity contribution in [3.63, 3.8) is 0 Å². The second-order valence-electron chi connectivity index (χ2n) is 7.96. The number of amides is 1. The molecular weight excluding hydrogens is 439 g/mol. The lowest BCUT2D eigenvalue weighted by atomic mass is 9.95. The zero-order valence-corrected chi connectivity index (χ0v) is 18.9. The van der Waals surface area contributed by atoms with Crippen LogP contribution in [0.2, 0.25) is 0 Å². The zero-order chi connectivity index (χ0) is 23.9. The largest absolute Gasteiger partial charge is 0.442 e. The fraction of sp³-hybridized carbons (Fsp3) is 0.348. The summed E-state index contributed by atoms with van der Waals surface area (Å²) in [7, 11) is 1.77. The predicted octanol–water partition coefficient (Wildman–Crippen LogP) is 0.674. The summed E-state index contributed by atoms with van der Waals surface area (Å²) in [5, 5.41) is 15.3. The first-order valence-electron chi connectivity index (χ1n) is 11.0. The van der Waals surface area contributed by atoms with E-state index in [0.29, 0.717) is 37.3 Å². The Labute approximate surface area is 197 Å². The van der Waals surface area contributed by atoms with Gasteiger partial charge in [-0.1, -0.05) is 24.3 Å². The number of hydrogen-bond donors (Lipinski definition) is 4. The summed E-state index contributed by atoms with van der Waals surface area (Å²) in [4.78, 5) is 14.0. The molecule has 1 aliphatic heterocycles. The van der Waals surface area contributed by atoms with E-state index >= 15 is 4.39 Å². The fourth-order valence-electron chi connectivity index (χ4n) is 3.90. The molecular formula is C23H28FN8O2+. The van der Waals surface area contributed by atoms with Crippen LogP contribution in [-0.4, -0.2) is 63.7 Å². The summed E-state index contributed by atoms with van der Waals surface area (Å²) in [6.07, 6.45) is 7.94. The van der Waals surface area contributed by atoms with E-state index in [-0.39, 0.29) is 18.4 Å². The molecule has 11 heteroatoms. The summed E-state index contributed by atoms with van der Waals surface area (Å²) < 4.78 is 20.5. The standard InChI is InChI=1S/C23H27FN8O2/c1-26-31(9-8-25)14-20-15-32(23(33)34-20)19-6-7-21(22(24)10-19)17-4-2-16(3-5-17)11-27-12-18-13-28-30-29-18/h2,4,6-9,13,19-20,26-27H,10-12,14-15,25H2,1H3,(H,28,29,30)/p+1/b9-8-/t19?,20-/m0/s1. The van der Waals surface area contributed by atoms with Crippen molar-refractivity contribution in [1.82, 2.24) is 36.1 Å². The lowest BCUT2D eigenvalue weighted by molar-refractivity contribution is -0.276. The Kier molecular flexibility index (Phi) is 7.54. The number of carbonyl (C=O) groups is 1. The second-order valence-corrected chi connectivity index (χ2v) is 7.96. The third-order valence-corrected chi connectivity index (χ3v) is 5.63. The maximum absolute atomic E-state index is 15.0. The SMILES string of the molecule is CNN(/C=C\[NH3+])C[C@H]1CN(C2C=CC(c3c#cc(CNCc4cn[nH]n4)cc3)=C(F)C2)C(=O)O1. The number of aromatic amines is 1. The molecule has 0 saturated carbocycles. The second kappa shape index (κ2) is 10.9. The molecule has 2 aliphatic rings. The van der Waals surface area contributed by atoms with Gasteiger partial charge in [-0.15, -0.1) is 0 Å². The molecule has 1 unspecified atom stereocenters. The molecule has 1 aliphatic carbocycles. The van der Waals surface area contributed by atoms with Crippen LogP contribution in [0.25, 0.3) is 5.57 Å². The van der Waals surface area contributed by atoms with Crippen molar-refractivity contribution in [2.75, 3.05) is 20.1 Å². The van der Waals surface area contributed by atoms with Crippen LogP contribution in [0.1, 0.15) is 23.2 Å². The number of ether oxygens (including phenoxy) is 1. The van der Waals surface area contributed by atoms with Gasteiger partial charge < -0.3 is 20.8 Å². The molecule has 1 aromatic heterocycles. The number of cyclic esters (lactones) is 1. The van der Waals surface area contributed by atoms with E-state index in [4.69, 9.17) is 4.74 Å². The molecule has 2 atom stereocenters. The zero-order valence-electron chi connectivity index (χ0n) is 18.9. The van der Waals surface area contributed by atoms with E-state index in [1.165, 1.54) is 0 Å². The molecule has 0 bridgehead atoms. The quantitative estimate of drug-likeness (QED) is 0.379. The number of H-pyrrole nitrogens is 1. The van der Waals surface area contributed by atoms with Crippen LogP contribution in [-0.2, 0) is 17.8 Å². The van der Waals surface area contributed by atoms with Gasteiger partial charge in [0.15, 0.2) is 0 Å². The molecule has 2 aromatic rings. The van der Waals surface area contributed by atoms with Crippen molar-refractivity contribution in [3.8, 4) is 0 Å². The van der Waals surface area contributed by atoms with Gasteiger partial charge >= 0.3 is 6.09 Å². The molecule has 1 amide bonds. The minimum Gasteiger partial charge on any atom is -0.442 e. The lowest BCUT2D eigenvalue weighted by Crippen LogP contribution is -2.44. The smallest absolute Gasteiger partial charge is 0.410 e. The Balaban J connectivity index is 1.32. The molecule has 2 heterocycles. The minimum atomic E-state index is -0.437. The van der Waals surface area contributed by atoms with E-state index in [1.54, 1.807) is 41.6 Å². The van der Waals surface area contributed by atoms with Gasteiger partial charge in [-0.2, -0.15) is 15.4 Å². The topological polar surface area (TPSA) is 126 Å². The summed E-state index contributed by atoms with van der Waals surface area (Å²) in [5.74, 6) is -0.290. The lowest BCUT2D eigenvalue weighted by Gasteiger charge is -2.26. The average Bonchev–Trinajstić information content (AvgIpc) is 3.49. The van der Waals surface area contributed by atoms with E-state index < -0.39 is 12.1 Å². The molecule has 6 N–H and O–H groups in total. The normalized spacial score (nSPS) is 20.2. The Morgan fingerprint density at radius 1 is 1.41 bits per heavy atom. The first kappa shape index (κ1) is 23.4. The van der Waals surface area contributed by atoms with E-state index in [1.807, 2.05) is 18.2 Å². The van der Waals surface area contributed by atoms with Gasteiger partial charge in [0.2, 0.25) is 0 Å². The fourth-order valence-corrected chi connectivity index (χ4v) is 3.90. The van der Waals surface area contributed by atoms with E-state index in [2.05, 4.69) is 44.0 Å². The summed E-state index contributed by atoms with van der Waals surface area (Å²) in [6, 6.07) is 9.44. The monoisotopic (exact) mass is 467 g/mol. The van der Waals surface area contributed by atoms with E-state index in [0.717, 1.165) is 11.3 Å². The summed E-state index contributed by atoms with van der Waals surface area (Å²) in [5.41, 5.74) is 9.46. The van der Waals surface area contributed by atoms with Crippen molar-refractivity contribution in [1.29, 1.82) is 0 Å². The van der Waals surface area contributed by atoms with Gasteiger partial charge in [0.1, 0.15) is 18.1 Å². The number of aromatic nitrogens is 3. The highest BCUT2D eigenvalue weighted by molar-refractivity contribution is 5.77. The Bertz CT molecular complexity index is 1050. The first-order chi connectivity index (χ1) is 16.6. The summed E-state index contributed by atoms with van der Waals surface area (Å²) in [6.45, 7) is 2.01. The molecule has 178 valence electrons. The van der Waals surface area contributed by atoms with Gasteiger partial charge in [-0.3, -0.25) is 4.90 Å². The van der Waals surface area contributed by atoms with Crippen LogP contribution in [0.4, 0.5) is 9.18 Å². The Morgan fingerprint density at radius 2 is 2.29 bits per heavy atom. The van der Waals surface area contributed by atoms with Gasteiger partial charge in [0.05, 0.1) is 37.2 Å². The molecule has 1 fully saturated rings. The first-order valence-corrected chi connectivity index (χ1v) is 11.0. The number of hydrogen-bond acceptors (Lipinski definition) is 7. The van der Waals surface area contributed by atoms with Gasteiger partial charge in [0, 0.05) is 43.3 Å². The van der Waals surface area contributed by atoms with Crippen molar-refractivity contribution in [2.45, 2.75) is 31.7 Å². The highest BCUT2D eigenvalue weighted by atomic mass is 19.1. The number of quaternary nitrogens is 1. The molecule has 0 spiro atoms. The molecule has 0 radical (unpaired) electrons. The third-order valence-electron chi connectivity index (χ3n) is 5.63. The third kappa shape index (κ3) is 5.60. The maximum Gasteiger partial charge on any atom is 0.410 e. The Morgan fingerprint density at radius 3 is 2.97 bits per heavy atom. The maximum atomic E-state index is 15.0. The minimum absolute atomic E-state index is 0.0943. The molecule has 34 heavy (non-hydrogen) atoms. The van der Waals surface area contributed by atoms with Crippen LogP contribution < -0.4 is 16.5 Å². The summed E-state index contributed by atoms with van der Waals surface area (Å²) >= 11 is 0. The number of carbonyl (C=O) groups excluding carboxylic acids is 1. The number of rotatable bonds is 10. The number of halogens is 1. The highest BCUT2D eigenvalue weighted by Crippen LogP contribution is 2.31. The van der Waals surface area contributed by atoms with Crippen LogP contribution in [0.3, 0.4) is 0 Å². The number of hydrazine groups is 1. The molecule has 4 rings (SSSR count). The average molecular weight is 468 g/mol. The van der Waals surface area contributed by atoms with Crippen molar-refractivity contribution in [3.05, 3.63) is 77.7 Å². The number of nitrogens with one attached hydrogen (secondary N) is 3. The van der Waals surface area contributed by atoms with Crippen LogP contribution in [0.5, 0.6) is 0 Å². The van der Waals surface area contributed by atoms with Crippen molar-refractivity contribution >= 4 is 11.7 Å². The van der Waals surface area contributed by atoms with Crippen LogP contribution >= 0.6 is 0 Å². The van der Waals surface area contributed by atoms with Gasteiger partial charge in [-0.05, 0) is 12.1 Å². The number of allylic oxidation sites excluding steroid dienone is 2. The highest BCUT2D eigenvalue weighted by Gasteiger charge is 2.37. The number of nitrogens with zero attached hydrogens (tertiary/aromatic N) is 4. The van der Waals surface area contributed by atoms with Crippen molar-refractivity contribution in [2.24, 2.45) is 0 Å². The van der Waals surface area contributed by atoms with Gasteiger partial charge in [-0.25, -0.2) is 14.6 Å². The van der Waals surface area contributed by atoms with Gasteiger partial charge in [0.25, 0.3) is 0 Å². The predicted molar refractivity (Wildman–Crippen MR) is 121 cm³/mol. The van der Waals surface area contributed by atoms with E-state index in [9.17, 15) is 4.79 Å². The molecule has 1 saturated heterocycles.